The average Bonchev–Trinajstić information content (AvgIpc) is 2.88. The van der Waals surface area contributed by atoms with Crippen molar-refractivity contribution in [2.24, 2.45) is 0 Å². The highest BCUT2D eigenvalue weighted by Gasteiger charge is 2.35. The quantitative estimate of drug-likeness (QED) is 0.652. The van der Waals surface area contributed by atoms with Crippen molar-refractivity contribution in [1.82, 2.24) is 4.90 Å². The minimum Gasteiger partial charge on any atom is -0.504 e. The van der Waals surface area contributed by atoms with Crippen molar-refractivity contribution in [2.45, 2.75) is 13.5 Å². The first kappa shape index (κ1) is 19.4. The molecular weight excluding hydrogens is 437 g/mol. The largest absolute Gasteiger partial charge is 0.504 e. The van der Waals surface area contributed by atoms with E-state index in [1.54, 1.807) is 19.1 Å². The van der Waals surface area contributed by atoms with Gasteiger partial charge in [0.25, 0.3) is 11.1 Å². The molecule has 0 aromatic heterocycles. The second-order valence-corrected chi connectivity index (χ2v) is 7.52. The van der Waals surface area contributed by atoms with Gasteiger partial charge in [0.15, 0.2) is 11.5 Å². The Balaban J connectivity index is 1.86. The van der Waals surface area contributed by atoms with Crippen LogP contribution in [0.1, 0.15) is 18.1 Å². The Labute approximate surface area is 167 Å². The van der Waals surface area contributed by atoms with Crippen LogP contribution in [0.2, 0.25) is 0 Å². The van der Waals surface area contributed by atoms with Gasteiger partial charge in [-0.25, -0.2) is 4.39 Å². The number of imide groups is 1. The molecule has 1 fully saturated rings. The lowest BCUT2D eigenvalue weighted by molar-refractivity contribution is -0.123. The van der Waals surface area contributed by atoms with Crippen LogP contribution in [0.25, 0.3) is 6.08 Å². The van der Waals surface area contributed by atoms with Gasteiger partial charge in [0, 0.05) is 4.47 Å². The second kappa shape index (κ2) is 8.14. The minimum atomic E-state index is -0.424. The lowest BCUT2D eigenvalue weighted by atomic mass is 10.1. The zero-order valence-electron chi connectivity index (χ0n) is 14.2. The Kier molecular flexibility index (Phi) is 5.86. The molecule has 0 atom stereocenters. The molecule has 0 spiro atoms. The highest BCUT2D eigenvalue weighted by Crippen LogP contribution is 2.38. The number of carbonyl (C=O) groups is 2. The van der Waals surface area contributed by atoms with E-state index in [9.17, 15) is 19.1 Å². The van der Waals surface area contributed by atoms with Gasteiger partial charge in [-0.15, -0.1) is 0 Å². The Morgan fingerprint density at radius 2 is 1.96 bits per heavy atom. The molecule has 8 heteroatoms. The Hall–Kier alpha value is -2.32. The third kappa shape index (κ3) is 4.33. The van der Waals surface area contributed by atoms with Gasteiger partial charge in [-0.3, -0.25) is 14.5 Å². The lowest BCUT2D eigenvalue weighted by Crippen LogP contribution is -2.27. The standard InChI is InChI=1S/C19H15BrFNO4S/c1-2-26-16-7-12(14(20)9-15(16)23)8-17-18(24)22(19(25)27-17)10-11-3-5-13(21)6-4-11/h3-9,23H,2,10H2,1H3. The van der Waals surface area contributed by atoms with E-state index >= 15 is 0 Å². The Bertz CT molecular complexity index is 930. The summed E-state index contributed by atoms with van der Waals surface area (Å²) in [6.45, 7) is 2.24. The van der Waals surface area contributed by atoms with Crippen LogP contribution in [0.15, 0.2) is 45.8 Å². The highest BCUT2D eigenvalue weighted by atomic mass is 79.9. The molecule has 0 saturated carbocycles. The number of aromatic hydroxyl groups is 1. The molecule has 140 valence electrons. The lowest BCUT2D eigenvalue weighted by Gasteiger charge is -2.12. The molecule has 1 saturated heterocycles. The van der Waals surface area contributed by atoms with E-state index in [0.29, 0.717) is 22.2 Å². The summed E-state index contributed by atoms with van der Waals surface area (Å²) in [5.74, 6) is -0.537. The molecule has 1 heterocycles. The first-order chi connectivity index (χ1) is 12.9. The van der Waals surface area contributed by atoms with Crippen molar-refractivity contribution in [3.8, 4) is 11.5 Å². The fourth-order valence-corrected chi connectivity index (χ4v) is 3.77. The number of amides is 2. The fraction of sp³-hybridized carbons (Fsp3) is 0.158. The van der Waals surface area contributed by atoms with Gasteiger partial charge in [0.05, 0.1) is 18.1 Å². The highest BCUT2D eigenvalue weighted by molar-refractivity contribution is 9.10. The van der Waals surface area contributed by atoms with Crippen molar-refractivity contribution in [2.75, 3.05) is 6.61 Å². The third-order valence-corrected chi connectivity index (χ3v) is 5.39. The molecule has 0 unspecified atom stereocenters. The molecule has 0 bridgehead atoms. The zero-order valence-corrected chi connectivity index (χ0v) is 16.6. The van der Waals surface area contributed by atoms with Crippen molar-refractivity contribution in [1.29, 1.82) is 0 Å². The number of phenols is 1. The second-order valence-electron chi connectivity index (χ2n) is 5.67. The van der Waals surface area contributed by atoms with Crippen molar-refractivity contribution in [3.63, 3.8) is 0 Å². The molecule has 1 aliphatic heterocycles. The van der Waals surface area contributed by atoms with E-state index < -0.39 is 11.1 Å². The maximum absolute atomic E-state index is 13.0. The van der Waals surface area contributed by atoms with Crippen molar-refractivity contribution < 1.29 is 23.8 Å². The number of hydrogen-bond donors (Lipinski definition) is 1. The minimum absolute atomic E-state index is 0.0229. The number of phenolic OH excluding ortho intramolecular Hbond substituents is 1. The number of thioether (sulfide) groups is 1. The van der Waals surface area contributed by atoms with E-state index in [-0.39, 0.29) is 28.8 Å². The number of carbonyl (C=O) groups excluding carboxylic acids is 2. The SMILES string of the molecule is CCOc1cc(C=C2SC(=O)N(Cc3ccc(F)cc3)C2=O)c(Br)cc1O. The van der Waals surface area contributed by atoms with Crippen LogP contribution in [0.3, 0.4) is 0 Å². The maximum atomic E-state index is 13.0. The predicted octanol–water partition coefficient (Wildman–Crippen LogP) is 4.93. The molecule has 2 amide bonds. The smallest absolute Gasteiger partial charge is 0.293 e. The van der Waals surface area contributed by atoms with Crippen molar-refractivity contribution in [3.05, 3.63) is 62.7 Å². The summed E-state index contributed by atoms with van der Waals surface area (Å²) in [6, 6.07) is 8.71. The van der Waals surface area contributed by atoms with E-state index in [4.69, 9.17) is 4.74 Å². The van der Waals surface area contributed by atoms with Crippen LogP contribution >= 0.6 is 27.7 Å². The van der Waals surface area contributed by atoms with Gasteiger partial charge >= 0.3 is 0 Å². The van der Waals surface area contributed by atoms with Gasteiger partial charge in [-0.05, 0) is 60.2 Å². The molecule has 0 aliphatic carbocycles. The first-order valence-corrected chi connectivity index (χ1v) is 9.65. The number of halogens is 2. The van der Waals surface area contributed by atoms with E-state index in [1.807, 2.05) is 0 Å². The van der Waals surface area contributed by atoms with Crippen LogP contribution in [-0.4, -0.2) is 27.8 Å². The molecule has 27 heavy (non-hydrogen) atoms. The van der Waals surface area contributed by atoms with E-state index in [1.165, 1.54) is 30.3 Å². The van der Waals surface area contributed by atoms with Gasteiger partial charge < -0.3 is 9.84 Å². The number of hydrogen-bond acceptors (Lipinski definition) is 5. The van der Waals surface area contributed by atoms with Crippen LogP contribution in [-0.2, 0) is 11.3 Å². The monoisotopic (exact) mass is 451 g/mol. The van der Waals surface area contributed by atoms with Crippen LogP contribution in [0, 0.1) is 5.82 Å². The number of benzene rings is 2. The normalized spacial score (nSPS) is 15.7. The van der Waals surface area contributed by atoms with E-state index in [0.717, 1.165) is 16.7 Å². The first-order valence-electron chi connectivity index (χ1n) is 8.04. The van der Waals surface area contributed by atoms with Crippen molar-refractivity contribution >= 4 is 44.9 Å². The summed E-state index contributed by atoms with van der Waals surface area (Å²) >= 11 is 4.17. The van der Waals surface area contributed by atoms with Gasteiger partial charge in [-0.2, -0.15) is 0 Å². The molecule has 2 aromatic carbocycles. The summed E-state index contributed by atoms with van der Waals surface area (Å²) in [7, 11) is 0. The molecule has 5 nitrogen and oxygen atoms in total. The molecule has 3 rings (SSSR count). The van der Waals surface area contributed by atoms with Gasteiger partial charge in [0.1, 0.15) is 5.82 Å². The average molecular weight is 452 g/mol. The molecule has 0 radical (unpaired) electrons. The molecular formula is C19H15BrFNO4S. The third-order valence-electron chi connectivity index (χ3n) is 3.79. The van der Waals surface area contributed by atoms with Crippen LogP contribution in [0.5, 0.6) is 11.5 Å². The fourth-order valence-electron chi connectivity index (χ4n) is 2.49. The topological polar surface area (TPSA) is 66.8 Å². The van der Waals surface area contributed by atoms with Crippen LogP contribution in [0.4, 0.5) is 9.18 Å². The van der Waals surface area contributed by atoms with Gasteiger partial charge in [-0.1, -0.05) is 28.1 Å². The number of nitrogens with zero attached hydrogens (tertiary/aromatic N) is 1. The summed E-state index contributed by atoms with van der Waals surface area (Å²) in [6.07, 6.45) is 1.57. The molecule has 1 aliphatic rings. The zero-order chi connectivity index (χ0) is 19.6. The predicted molar refractivity (Wildman–Crippen MR) is 105 cm³/mol. The number of rotatable bonds is 5. The summed E-state index contributed by atoms with van der Waals surface area (Å²) < 4.78 is 18.9. The summed E-state index contributed by atoms with van der Waals surface area (Å²) in [5, 5.41) is 9.50. The summed E-state index contributed by atoms with van der Waals surface area (Å²) in [5.41, 5.74) is 1.26. The number of ether oxygens (including phenoxy) is 1. The maximum Gasteiger partial charge on any atom is 0.293 e. The molecule has 1 N–H and O–H groups in total. The molecule has 2 aromatic rings. The van der Waals surface area contributed by atoms with Crippen LogP contribution < -0.4 is 4.74 Å². The van der Waals surface area contributed by atoms with Gasteiger partial charge in [0.2, 0.25) is 0 Å². The van der Waals surface area contributed by atoms with E-state index in [2.05, 4.69) is 15.9 Å². The Morgan fingerprint density at radius 1 is 1.26 bits per heavy atom. The Morgan fingerprint density at radius 3 is 2.63 bits per heavy atom. The summed E-state index contributed by atoms with van der Waals surface area (Å²) in [4.78, 5) is 26.2.